The van der Waals surface area contributed by atoms with Gasteiger partial charge in [-0.3, -0.25) is 0 Å². The van der Waals surface area contributed by atoms with E-state index in [1.165, 1.54) is 4.90 Å². The van der Waals surface area contributed by atoms with E-state index < -0.39 is 30.1 Å². The summed E-state index contributed by atoms with van der Waals surface area (Å²) in [4.78, 5) is 38.6. The fourth-order valence-electron chi connectivity index (χ4n) is 3.95. The molecule has 4 N–H and O–H groups in total. The standard InChI is InChI=1S/C30H34N2O7/c1-20(2)17-32(18-27(34)29(37)39-19-22-6-4-3-5-7-22)30(38)31-26(28(35)36)16-21-8-10-23(11-9-21)24-12-14-25(33)15-13-24/h3-15,20,26-27,33-34H,16-19H2,1-2H3,(H,31,38)(H,35,36)/t26-,27?/m0/s1. The van der Waals surface area contributed by atoms with E-state index in [0.717, 1.165) is 16.7 Å². The molecule has 0 heterocycles. The van der Waals surface area contributed by atoms with Crippen LogP contribution in [0.4, 0.5) is 4.79 Å². The van der Waals surface area contributed by atoms with Crippen molar-refractivity contribution < 1.29 is 34.4 Å². The topological polar surface area (TPSA) is 136 Å². The lowest BCUT2D eigenvalue weighted by molar-refractivity contribution is -0.155. The fourth-order valence-corrected chi connectivity index (χ4v) is 3.95. The minimum absolute atomic E-state index is 0.000916. The zero-order chi connectivity index (χ0) is 28.4. The first kappa shape index (κ1) is 29.2. The number of phenolic OH excluding ortho intramolecular Hbond substituents is 1. The van der Waals surface area contributed by atoms with Gasteiger partial charge in [0.15, 0.2) is 6.10 Å². The van der Waals surface area contributed by atoms with E-state index in [-0.39, 0.29) is 37.8 Å². The van der Waals surface area contributed by atoms with E-state index in [4.69, 9.17) is 4.74 Å². The molecule has 3 rings (SSSR count). The molecule has 0 spiro atoms. The van der Waals surface area contributed by atoms with Crippen LogP contribution < -0.4 is 5.32 Å². The molecule has 0 fully saturated rings. The third-order valence-electron chi connectivity index (χ3n) is 5.95. The number of carbonyl (C=O) groups is 3. The van der Waals surface area contributed by atoms with Gasteiger partial charge in [-0.15, -0.1) is 0 Å². The number of carboxylic acid groups (broad SMARTS) is 1. The first-order valence-electron chi connectivity index (χ1n) is 12.7. The molecule has 0 saturated carbocycles. The van der Waals surface area contributed by atoms with Crippen LogP contribution in [0.15, 0.2) is 78.9 Å². The maximum absolute atomic E-state index is 13.1. The van der Waals surface area contributed by atoms with Crippen LogP contribution in [0, 0.1) is 5.92 Å². The maximum Gasteiger partial charge on any atom is 0.337 e. The normalized spacial score (nSPS) is 12.4. The molecule has 0 radical (unpaired) electrons. The second-order valence-electron chi connectivity index (χ2n) is 9.70. The van der Waals surface area contributed by atoms with E-state index in [9.17, 15) is 29.7 Å². The highest BCUT2D eigenvalue weighted by atomic mass is 16.5. The van der Waals surface area contributed by atoms with Crippen molar-refractivity contribution in [2.24, 2.45) is 5.92 Å². The van der Waals surface area contributed by atoms with Crippen molar-refractivity contribution in [3.63, 3.8) is 0 Å². The number of nitrogens with zero attached hydrogens (tertiary/aromatic N) is 1. The van der Waals surface area contributed by atoms with Crippen LogP contribution in [0.1, 0.15) is 25.0 Å². The van der Waals surface area contributed by atoms with Crippen LogP contribution in [0.5, 0.6) is 5.75 Å². The van der Waals surface area contributed by atoms with Gasteiger partial charge in [0.1, 0.15) is 18.4 Å². The zero-order valence-electron chi connectivity index (χ0n) is 22.0. The summed E-state index contributed by atoms with van der Waals surface area (Å²) in [5.41, 5.74) is 3.25. The SMILES string of the molecule is CC(C)CN(CC(O)C(=O)OCc1ccccc1)C(=O)N[C@@H](Cc1ccc(-c2ccc(O)cc2)cc1)C(=O)O. The molecule has 3 aromatic rings. The predicted octanol–water partition coefficient (Wildman–Crippen LogP) is 3.83. The predicted molar refractivity (Wildman–Crippen MR) is 146 cm³/mol. The third kappa shape index (κ3) is 9.15. The van der Waals surface area contributed by atoms with Gasteiger partial charge in [0.2, 0.25) is 0 Å². The van der Waals surface area contributed by atoms with Crippen LogP contribution in [0.2, 0.25) is 0 Å². The van der Waals surface area contributed by atoms with E-state index in [2.05, 4.69) is 5.32 Å². The van der Waals surface area contributed by atoms with Crippen LogP contribution in [-0.2, 0) is 27.4 Å². The Morgan fingerprint density at radius 1 is 0.846 bits per heavy atom. The first-order chi connectivity index (χ1) is 18.6. The smallest absolute Gasteiger partial charge is 0.337 e. The summed E-state index contributed by atoms with van der Waals surface area (Å²) >= 11 is 0. The Morgan fingerprint density at radius 3 is 2.00 bits per heavy atom. The summed E-state index contributed by atoms with van der Waals surface area (Å²) < 4.78 is 5.17. The molecule has 3 aromatic carbocycles. The highest BCUT2D eigenvalue weighted by Gasteiger charge is 2.28. The minimum Gasteiger partial charge on any atom is -0.508 e. The number of aliphatic carboxylic acids is 1. The number of carboxylic acids is 1. The molecule has 0 aromatic heterocycles. The van der Waals surface area contributed by atoms with Gasteiger partial charge < -0.3 is 30.3 Å². The molecule has 0 saturated heterocycles. The number of aliphatic hydroxyl groups is 1. The Bertz CT molecular complexity index is 1230. The number of urea groups is 1. The summed E-state index contributed by atoms with van der Waals surface area (Å²) in [5.74, 6) is -1.92. The molecule has 2 atom stereocenters. The number of hydrogen-bond donors (Lipinski definition) is 4. The number of hydrogen-bond acceptors (Lipinski definition) is 6. The van der Waals surface area contributed by atoms with Crippen molar-refractivity contribution in [2.75, 3.05) is 13.1 Å². The van der Waals surface area contributed by atoms with Gasteiger partial charge in [-0.2, -0.15) is 0 Å². The van der Waals surface area contributed by atoms with Gasteiger partial charge >= 0.3 is 18.0 Å². The molecule has 9 heteroatoms. The van der Waals surface area contributed by atoms with E-state index in [0.29, 0.717) is 5.56 Å². The van der Waals surface area contributed by atoms with Crippen molar-refractivity contribution in [3.8, 4) is 16.9 Å². The Hall–Kier alpha value is -4.37. The lowest BCUT2D eigenvalue weighted by atomic mass is 10.0. The van der Waals surface area contributed by atoms with Gasteiger partial charge in [-0.25, -0.2) is 14.4 Å². The van der Waals surface area contributed by atoms with Crippen molar-refractivity contribution in [3.05, 3.63) is 90.0 Å². The average Bonchev–Trinajstić information content (AvgIpc) is 2.92. The minimum atomic E-state index is -1.59. The molecule has 39 heavy (non-hydrogen) atoms. The van der Waals surface area contributed by atoms with E-state index in [1.54, 1.807) is 60.7 Å². The van der Waals surface area contributed by atoms with Crippen molar-refractivity contribution >= 4 is 18.0 Å². The summed E-state index contributed by atoms with van der Waals surface area (Å²) in [6, 6.07) is 21.0. The number of esters is 1. The van der Waals surface area contributed by atoms with Crippen LogP contribution in [0.3, 0.4) is 0 Å². The number of ether oxygens (including phenoxy) is 1. The van der Waals surface area contributed by atoms with E-state index in [1.807, 2.05) is 32.0 Å². The highest BCUT2D eigenvalue weighted by Crippen LogP contribution is 2.22. The molecule has 2 amide bonds. The highest BCUT2D eigenvalue weighted by molar-refractivity contribution is 5.83. The second-order valence-corrected chi connectivity index (χ2v) is 9.70. The molecule has 1 unspecified atom stereocenters. The monoisotopic (exact) mass is 534 g/mol. The first-order valence-corrected chi connectivity index (χ1v) is 12.7. The van der Waals surface area contributed by atoms with Gasteiger partial charge in [0.05, 0.1) is 6.54 Å². The summed E-state index contributed by atoms with van der Waals surface area (Å²) in [6.07, 6.45) is -1.55. The summed E-state index contributed by atoms with van der Waals surface area (Å²) in [6.45, 7) is 3.57. The summed E-state index contributed by atoms with van der Waals surface area (Å²) in [7, 11) is 0. The largest absolute Gasteiger partial charge is 0.508 e. The van der Waals surface area contributed by atoms with Crippen LogP contribution >= 0.6 is 0 Å². The second kappa shape index (κ2) is 14.0. The Balaban J connectivity index is 1.62. The number of aromatic hydroxyl groups is 1. The number of amides is 2. The molecule has 0 bridgehead atoms. The Kier molecular flexibility index (Phi) is 10.5. The van der Waals surface area contributed by atoms with Gasteiger partial charge in [0, 0.05) is 13.0 Å². The van der Waals surface area contributed by atoms with Gasteiger partial charge in [0.25, 0.3) is 0 Å². The lowest BCUT2D eigenvalue weighted by Gasteiger charge is -2.28. The molecule has 0 aliphatic heterocycles. The average molecular weight is 535 g/mol. The van der Waals surface area contributed by atoms with Gasteiger partial charge in [-0.05, 0) is 40.3 Å². The molecule has 0 aliphatic carbocycles. The molecular weight excluding hydrogens is 500 g/mol. The lowest BCUT2D eigenvalue weighted by Crippen LogP contribution is -2.52. The van der Waals surface area contributed by atoms with E-state index >= 15 is 0 Å². The zero-order valence-corrected chi connectivity index (χ0v) is 22.0. The number of aliphatic hydroxyl groups excluding tert-OH is 1. The molecule has 0 aliphatic rings. The third-order valence-corrected chi connectivity index (χ3v) is 5.95. The number of rotatable bonds is 12. The molecule has 206 valence electrons. The Labute approximate surface area is 227 Å². The van der Waals surface area contributed by atoms with Crippen molar-refractivity contribution in [1.82, 2.24) is 10.2 Å². The number of carbonyl (C=O) groups excluding carboxylic acids is 2. The van der Waals surface area contributed by atoms with Crippen LogP contribution in [-0.4, -0.2) is 63.4 Å². The number of phenols is 1. The Morgan fingerprint density at radius 2 is 1.44 bits per heavy atom. The molecular formula is C30H34N2O7. The maximum atomic E-state index is 13.1. The molecule has 9 nitrogen and oxygen atoms in total. The quantitative estimate of drug-likeness (QED) is 0.259. The number of nitrogens with one attached hydrogen (secondary N) is 1. The van der Waals surface area contributed by atoms with Crippen molar-refractivity contribution in [2.45, 2.75) is 39.0 Å². The fraction of sp³-hybridized carbons (Fsp3) is 0.300. The van der Waals surface area contributed by atoms with Gasteiger partial charge in [-0.1, -0.05) is 80.6 Å². The van der Waals surface area contributed by atoms with Crippen LogP contribution in [0.25, 0.3) is 11.1 Å². The number of benzene rings is 3. The van der Waals surface area contributed by atoms with Crippen molar-refractivity contribution in [1.29, 1.82) is 0 Å². The summed E-state index contributed by atoms with van der Waals surface area (Å²) in [5, 5.41) is 32.2.